The standard InChI is InChI=1S/C11H13N3O/c15-11(9-2-7-1-8(7)3-9)14-10-4-12-6-13-5-10/h4-9H,1-3H2,(H,14,15). The first-order valence-corrected chi connectivity index (χ1v) is 5.39. The number of nitrogens with zero attached hydrogens (tertiary/aromatic N) is 2. The molecule has 2 aliphatic carbocycles. The van der Waals surface area contributed by atoms with Crippen molar-refractivity contribution in [3.8, 4) is 0 Å². The summed E-state index contributed by atoms with van der Waals surface area (Å²) in [6.07, 6.45) is 8.20. The highest BCUT2D eigenvalue weighted by molar-refractivity contribution is 5.92. The predicted molar refractivity (Wildman–Crippen MR) is 55.0 cm³/mol. The van der Waals surface area contributed by atoms with E-state index in [-0.39, 0.29) is 11.8 Å². The molecule has 2 saturated carbocycles. The summed E-state index contributed by atoms with van der Waals surface area (Å²) in [4.78, 5) is 19.5. The minimum absolute atomic E-state index is 0.136. The fourth-order valence-electron chi connectivity index (χ4n) is 2.54. The summed E-state index contributed by atoms with van der Waals surface area (Å²) in [5.74, 6) is 2.03. The van der Waals surface area contributed by atoms with Crippen molar-refractivity contribution >= 4 is 11.6 Å². The van der Waals surface area contributed by atoms with E-state index >= 15 is 0 Å². The van der Waals surface area contributed by atoms with Crippen LogP contribution in [0, 0.1) is 17.8 Å². The average Bonchev–Trinajstić information content (AvgIpc) is 2.87. The minimum atomic E-state index is 0.136. The van der Waals surface area contributed by atoms with Gasteiger partial charge in [-0.1, -0.05) is 0 Å². The van der Waals surface area contributed by atoms with Gasteiger partial charge >= 0.3 is 0 Å². The molecular weight excluding hydrogens is 190 g/mol. The highest BCUT2D eigenvalue weighted by Crippen LogP contribution is 2.54. The second-order valence-corrected chi connectivity index (χ2v) is 4.54. The van der Waals surface area contributed by atoms with Crippen molar-refractivity contribution in [2.24, 2.45) is 17.8 Å². The highest BCUT2D eigenvalue weighted by Gasteiger charge is 2.47. The van der Waals surface area contributed by atoms with E-state index in [1.807, 2.05) is 0 Å². The molecule has 3 rings (SSSR count). The van der Waals surface area contributed by atoms with E-state index in [2.05, 4.69) is 15.3 Å². The highest BCUT2D eigenvalue weighted by atomic mass is 16.1. The average molecular weight is 203 g/mol. The van der Waals surface area contributed by atoms with Crippen molar-refractivity contribution in [2.45, 2.75) is 19.3 Å². The van der Waals surface area contributed by atoms with Gasteiger partial charge in [0.25, 0.3) is 0 Å². The van der Waals surface area contributed by atoms with Gasteiger partial charge in [-0.3, -0.25) is 4.79 Å². The van der Waals surface area contributed by atoms with Gasteiger partial charge in [-0.15, -0.1) is 0 Å². The van der Waals surface area contributed by atoms with Gasteiger partial charge in [0.15, 0.2) is 0 Å². The zero-order chi connectivity index (χ0) is 10.3. The van der Waals surface area contributed by atoms with Gasteiger partial charge in [-0.05, 0) is 31.1 Å². The van der Waals surface area contributed by atoms with Crippen molar-refractivity contribution in [3.63, 3.8) is 0 Å². The summed E-state index contributed by atoms with van der Waals surface area (Å²) < 4.78 is 0. The number of nitrogens with one attached hydrogen (secondary N) is 1. The van der Waals surface area contributed by atoms with Crippen LogP contribution in [0.1, 0.15) is 19.3 Å². The molecule has 1 aromatic heterocycles. The van der Waals surface area contributed by atoms with Crippen LogP contribution in [0.25, 0.3) is 0 Å². The van der Waals surface area contributed by atoms with Crippen LogP contribution in [0.15, 0.2) is 18.7 Å². The molecule has 0 radical (unpaired) electrons. The molecule has 1 heterocycles. The third kappa shape index (κ3) is 1.71. The molecule has 0 spiro atoms. The van der Waals surface area contributed by atoms with Gasteiger partial charge in [0, 0.05) is 5.92 Å². The second-order valence-electron chi connectivity index (χ2n) is 4.54. The van der Waals surface area contributed by atoms with Crippen LogP contribution in [0.4, 0.5) is 5.69 Å². The smallest absolute Gasteiger partial charge is 0.227 e. The van der Waals surface area contributed by atoms with Crippen LogP contribution in [0.5, 0.6) is 0 Å². The lowest BCUT2D eigenvalue weighted by molar-refractivity contribution is -0.120. The molecule has 15 heavy (non-hydrogen) atoms. The van der Waals surface area contributed by atoms with Crippen LogP contribution in [-0.2, 0) is 4.79 Å². The first kappa shape index (κ1) is 8.83. The van der Waals surface area contributed by atoms with Gasteiger partial charge in [-0.2, -0.15) is 0 Å². The molecule has 2 atom stereocenters. The molecule has 0 bridgehead atoms. The second kappa shape index (κ2) is 3.29. The third-order valence-corrected chi connectivity index (χ3v) is 3.44. The molecule has 1 aromatic rings. The molecule has 4 nitrogen and oxygen atoms in total. The SMILES string of the molecule is O=C(Nc1cncnc1)C1CC2CC2C1. The largest absolute Gasteiger partial charge is 0.323 e. The summed E-state index contributed by atoms with van der Waals surface area (Å²) in [6.45, 7) is 0. The normalized spacial score (nSPS) is 32.1. The molecule has 0 aliphatic heterocycles. The maximum Gasteiger partial charge on any atom is 0.227 e. The summed E-state index contributed by atoms with van der Waals surface area (Å²) in [5, 5.41) is 2.86. The Labute approximate surface area is 88.1 Å². The lowest BCUT2D eigenvalue weighted by Gasteiger charge is -2.11. The van der Waals surface area contributed by atoms with E-state index in [0.29, 0.717) is 5.69 Å². The maximum atomic E-state index is 11.8. The van der Waals surface area contributed by atoms with Crippen molar-refractivity contribution in [3.05, 3.63) is 18.7 Å². The Balaban J connectivity index is 1.61. The van der Waals surface area contributed by atoms with Crippen LogP contribution in [0.3, 0.4) is 0 Å². The Morgan fingerprint density at radius 2 is 1.87 bits per heavy atom. The topological polar surface area (TPSA) is 54.9 Å². The molecule has 78 valence electrons. The summed E-state index contributed by atoms with van der Waals surface area (Å²) in [6, 6.07) is 0. The third-order valence-electron chi connectivity index (χ3n) is 3.44. The number of amides is 1. The molecule has 0 aromatic carbocycles. The fourth-order valence-corrected chi connectivity index (χ4v) is 2.54. The molecule has 0 saturated heterocycles. The van der Waals surface area contributed by atoms with Crippen LogP contribution in [-0.4, -0.2) is 15.9 Å². The lowest BCUT2D eigenvalue weighted by atomic mass is 10.0. The molecule has 1 N–H and O–H groups in total. The van der Waals surface area contributed by atoms with E-state index < -0.39 is 0 Å². The fraction of sp³-hybridized carbons (Fsp3) is 0.545. The van der Waals surface area contributed by atoms with Crippen molar-refractivity contribution in [1.29, 1.82) is 0 Å². The van der Waals surface area contributed by atoms with Crippen LogP contribution < -0.4 is 5.32 Å². The van der Waals surface area contributed by atoms with E-state index in [0.717, 1.165) is 24.7 Å². The van der Waals surface area contributed by atoms with Gasteiger partial charge < -0.3 is 5.32 Å². The van der Waals surface area contributed by atoms with E-state index in [1.165, 1.54) is 12.7 Å². The first-order valence-electron chi connectivity index (χ1n) is 5.39. The number of hydrogen-bond donors (Lipinski definition) is 1. The maximum absolute atomic E-state index is 11.8. The van der Waals surface area contributed by atoms with Gasteiger partial charge in [-0.25, -0.2) is 9.97 Å². The Bertz CT molecular complexity index is 369. The minimum Gasteiger partial charge on any atom is -0.323 e. The molecule has 2 aliphatic rings. The molecule has 4 heteroatoms. The van der Waals surface area contributed by atoms with E-state index in [1.54, 1.807) is 12.4 Å². The zero-order valence-electron chi connectivity index (χ0n) is 8.39. The molecule has 2 fully saturated rings. The quantitative estimate of drug-likeness (QED) is 0.791. The first-order chi connectivity index (χ1) is 7.33. The number of fused-ring (bicyclic) bond motifs is 1. The molecule has 1 amide bonds. The van der Waals surface area contributed by atoms with Crippen molar-refractivity contribution in [2.75, 3.05) is 5.32 Å². The molecular formula is C11H13N3O. The summed E-state index contributed by atoms with van der Waals surface area (Å²) in [7, 11) is 0. The van der Waals surface area contributed by atoms with Crippen molar-refractivity contribution < 1.29 is 4.79 Å². The van der Waals surface area contributed by atoms with Gasteiger partial charge in [0.2, 0.25) is 5.91 Å². The Hall–Kier alpha value is -1.45. The predicted octanol–water partition coefficient (Wildman–Crippen LogP) is 1.46. The number of carbonyl (C=O) groups excluding carboxylic acids is 1. The number of hydrogen-bond acceptors (Lipinski definition) is 3. The Morgan fingerprint density at radius 3 is 2.53 bits per heavy atom. The summed E-state index contributed by atoms with van der Waals surface area (Å²) in [5.41, 5.74) is 0.697. The Kier molecular flexibility index (Phi) is 1.94. The number of anilines is 1. The van der Waals surface area contributed by atoms with Gasteiger partial charge in [0.05, 0.1) is 18.1 Å². The number of aromatic nitrogens is 2. The monoisotopic (exact) mass is 203 g/mol. The Morgan fingerprint density at radius 1 is 1.20 bits per heavy atom. The summed E-state index contributed by atoms with van der Waals surface area (Å²) >= 11 is 0. The van der Waals surface area contributed by atoms with Crippen LogP contribution >= 0.6 is 0 Å². The van der Waals surface area contributed by atoms with E-state index in [4.69, 9.17) is 0 Å². The van der Waals surface area contributed by atoms with Crippen LogP contribution in [0.2, 0.25) is 0 Å². The number of rotatable bonds is 2. The number of carbonyl (C=O) groups is 1. The lowest BCUT2D eigenvalue weighted by Crippen LogP contribution is -2.21. The molecule has 2 unspecified atom stereocenters. The van der Waals surface area contributed by atoms with Gasteiger partial charge in [0.1, 0.15) is 6.33 Å². The zero-order valence-corrected chi connectivity index (χ0v) is 8.39. The van der Waals surface area contributed by atoms with E-state index in [9.17, 15) is 4.79 Å². The van der Waals surface area contributed by atoms with Crippen molar-refractivity contribution in [1.82, 2.24) is 9.97 Å².